The molecule has 1 aliphatic rings. The largest absolute Gasteiger partial charge is 0.490 e. The van der Waals surface area contributed by atoms with Crippen molar-refractivity contribution < 1.29 is 14.3 Å². The third kappa shape index (κ3) is 5.14. The number of carbonyl (C=O) groups excluding carboxylic acids is 1. The van der Waals surface area contributed by atoms with Gasteiger partial charge in [0.05, 0.1) is 15.9 Å². The van der Waals surface area contributed by atoms with E-state index >= 15 is 0 Å². The molecule has 0 aromatic heterocycles. The molecule has 1 saturated heterocycles. The second kappa shape index (κ2) is 10.5. The van der Waals surface area contributed by atoms with Gasteiger partial charge < -0.3 is 9.47 Å². The molecule has 0 aliphatic carbocycles. The van der Waals surface area contributed by atoms with Crippen LogP contribution in [-0.4, -0.2) is 18.3 Å². The SMILES string of the molecule is CCOc1cc([C@H]2SCC(=O)N2c2ccc(Cl)cc2)cc(I)c1OCc1ccccc1Cl. The average molecular weight is 600 g/mol. The molecule has 8 heteroatoms. The second-order valence-corrected chi connectivity index (χ2v) is 10.1. The molecule has 1 heterocycles. The van der Waals surface area contributed by atoms with E-state index in [0.29, 0.717) is 40.5 Å². The monoisotopic (exact) mass is 599 g/mol. The Labute approximate surface area is 215 Å². The highest BCUT2D eigenvalue weighted by atomic mass is 127. The van der Waals surface area contributed by atoms with Crippen LogP contribution in [0.1, 0.15) is 23.4 Å². The third-order valence-corrected chi connectivity index (χ3v) is 7.55. The summed E-state index contributed by atoms with van der Waals surface area (Å²) in [7, 11) is 0. The molecule has 1 atom stereocenters. The van der Waals surface area contributed by atoms with Crippen molar-refractivity contribution in [3.8, 4) is 11.5 Å². The van der Waals surface area contributed by atoms with Crippen LogP contribution in [0.2, 0.25) is 10.0 Å². The maximum absolute atomic E-state index is 12.7. The Morgan fingerprint density at radius 1 is 1.09 bits per heavy atom. The third-order valence-electron chi connectivity index (χ3n) is 4.92. The summed E-state index contributed by atoms with van der Waals surface area (Å²) in [6.07, 6.45) is 0. The van der Waals surface area contributed by atoms with Gasteiger partial charge in [-0.15, -0.1) is 11.8 Å². The standard InChI is InChI=1S/C24H20Cl2INO3S/c1-2-30-21-12-16(11-20(27)23(21)31-13-15-5-3-4-6-19(15)26)24-28(22(29)14-32-24)18-9-7-17(25)8-10-18/h3-12,24H,2,13-14H2,1H3/t24-/m1/s1. The zero-order chi connectivity index (χ0) is 22.7. The van der Waals surface area contributed by atoms with Crippen molar-refractivity contribution in [1.82, 2.24) is 0 Å². The van der Waals surface area contributed by atoms with Gasteiger partial charge in [0.1, 0.15) is 12.0 Å². The molecule has 166 valence electrons. The second-order valence-electron chi connectivity index (χ2n) is 7.05. The van der Waals surface area contributed by atoms with Crippen molar-refractivity contribution >= 4 is 69.1 Å². The van der Waals surface area contributed by atoms with Gasteiger partial charge in [-0.1, -0.05) is 41.4 Å². The van der Waals surface area contributed by atoms with E-state index in [1.807, 2.05) is 60.4 Å². The van der Waals surface area contributed by atoms with Crippen LogP contribution in [0.4, 0.5) is 5.69 Å². The minimum atomic E-state index is -0.158. The van der Waals surface area contributed by atoms with Crippen molar-refractivity contribution in [2.24, 2.45) is 0 Å². The Morgan fingerprint density at radius 2 is 1.84 bits per heavy atom. The summed E-state index contributed by atoms with van der Waals surface area (Å²) in [5.41, 5.74) is 2.71. The molecule has 3 aromatic carbocycles. The van der Waals surface area contributed by atoms with E-state index in [-0.39, 0.29) is 11.3 Å². The Hall–Kier alpha value is -1.61. The number of amides is 1. The summed E-state index contributed by atoms with van der Waals surface area (Å²) in [5, 5.41) is 1.14. The van der Waals surface area contributed by atoms with E-state index in [2.05, 4.69) is 22.6 Å². The number of benzene rings is 3. The van der Waals surface area contributed by atoms with Gasteiger partial charge in [0.25, 0.3) is 0 Å². The minimum absolute atomic E-state index is 0.0642. The van der Waals surface area contributed by atoms with Crippen LogP contribution >= 0.6 is 57.6 Å². The van der Waals surface area contributed by atoms with Gasteiger partial charge in [0, 0.05) is 21.3 Å². The lowest BCUT2D eigenvalue weighted by Gasteiger charge is -2.25. The van der Waals surface area contributed by atoms with E-state index < -0.39 is 0 Å². The average Bonchev–Trinajstić information content (AvgIpc) is 3.16. The summed E-state index contributed by atoms with van der Waals surface area (Å²) in [6.45, 7) is 2.77. The number of carbonyl (C=O) groups is 1. The van der Waals surface area contributed by atoms with Crippen LogP contribution in [0.25, 0.3) is 0 Å². The predicted octanol–water partition coefficient (Wildman–Crippen LogP) is 7.35. The molecular formula is C24H20Cl2INO3S. The summed E-state index contributed by atoms with van der Waals surface area (Å²) in [5.74, 6) is 1.80. The van der Waals surface area contributed by atoms with Gasteiger partial charge in [0.2, 0.25) is 5.91 Å². The number of thioether (sulfide) groups is 1. The molecular weight excluding hydrogens is 580 g/mol. The van der Waals surface area contributed by atoms with Crippen LogP contribution in [0.15, 0.2) is 60.7 Å². The fourth-order valence-electron chi connectivity index (χ4n) is 3.45. The van der Waals surface area contributed by atoms with Crippen LogP contribution in [0.3, 0.4) is 0 Å². The van der Waals surface area contributed by atoms with Gasteiger partial charge in [-0.3, -0.25) is 9.69 Å². The lowest BCUT2D eigenvalue weighted by molar-refractivity contribution is -0.115. The number of halogens is 3. The molecule has 1 amide bonds. The molecule has 0 radical (unpaired) electrons. The zero-order valence-electron chi connectivity index (χ0n) is 17.2. The lowest BCUT2D eigenvalue weighted by atomic mass is 10.1. The molecule has 32 heavy (non-hydrogen) atoms. The highest BCUT2D eigenvalue weighted by Gasteiger charge is 2.35. The van der Waals surface area contributed by atoms with Crippen molar-refractivity contribution in [1.29, 1.82) is 0 Å². The number of nitrogens with zero attached hydrogens (tertiary/aromatic N) is 1. The maximum Gasteiger partial charge on any atom is 0.238 e. The van der Waals surface area contributed by atoms with Crippen molar-refractivity contribution in [2.75, 3.05) is 17.3 Å². The van der Waals surface area contributed by atoms with E-state index in [1.165, 1.54) is 0 Å². The summed E-state index contributed by atoms with van der Waals surface area (Å²) < 4.78 is 13.0. The van der Waals surface area contributed by atoms with Crippen LogP contribution in [0.5, 0.6) is 11.5 Å². The van der Waals surface area contributed by atoms with E-state index in [1.54, 1.807) is 23.9 Å². The van der Waals surface area contributed by atoms with Gasteiger partial charge >= 0.3 is 0 Å². The fraction of sp³-hybridized carbons (Fsp3) is 0.208. The van der Waals surface area contributed by atoms with Crippen molar-refractivity contribution in [2.45, 2.75) is 18.9 Å². The smallest absolute Gasteiger partial charge is 0.238 e. The first-order valence-corrected chi connectivity index (χ1v) is 12.9. The Bertz CT molecular complexity index is 1130. The molecule has 0 N–H and O–H groups in total. The molecule has 1 fully saturated rings. The van der Waals surface area contributed by atoms with Crippen LogP contribution < -0.4 is 14.4 Å². The minimum Gasteiger partial charge on any atom is -0.490 e. The molecule has 4 rings (SSSR count). The van der Waals surface area contributed by atoms with Gasteiger partial charge in [-0.2, -0.15) is 0 Å². The molecule has 1 aliphatic heterocycles. The lowest BCUT2D eigenvalue weighted by Crippen LogP contribution is -2.27. The number of ether oxygens (including phenoxy) is 2. The topological polar surface area (TPSA) is 38.8 Å². The Morgan fingerprint density at radius 3 is 2.56 bits per heavy atom. The van der Waals surface area contributed by atoms with Crippen molar-refractivity contribution in [3.63, 3.8) is 0 Å². The number of hydrogen-bond donors (Lipinski definition) is 0. The van der Waals surface area contributed by atoms with E-state index in [4.69, 9.17) is 32.7 Å². The first-order chi connectivity index (χ1) is 15.5. The highest BCUT2D eigenvalue weighted by Crippen LogP contribution is 2.45. The molecule has 0 unspecified atom stereocenters. The van der Waals surface area contributed by atoms with Crippen molar-refractivity contribution in [3.05, 3.63) is 85.4 Å². The molecule has 4 nitrogen and oxygen atoms in total. The maximum atomic E-state index is 12.7. The molecule has 3 aromatic rings. The normalized spacial score (nSPS) is 15.8. The van der Waals surface area contributed by atoms with Gasteiger partial charge in [-0.25, -0.2) is 0 Å². The first-order valence-electron chi connectivity index (χ1n) is 9.99. The van der Waals surface area contributed by atoms with Crippen LogP contribution in [-0.2, 0) is 11.4 Å². The van der Waals surface area contributed by atoms with E-state index in [0.717, 1.165) is 20.4 Å². The predicted molar refractivity (Wildman–Crippen MR) is 140 cm³/mol. The van der Waals surface area contributed by atoms with E-state index in [9.17, 15) is 4.79 Å². The van der Waals surface area contributed by atoms with Gasteiger partial charge in [-0.05, 0) is 77.5 Å². The van der Waals surface area contributed by atoms with Gasteiger partial charge in [0.15, 0.2) is 11.5 Å². The number of rotatable bonds is 7. The zero-order valence-corrected chi connectivity index (χ0v) is 21.7. The highest BCUT2D eigenvalue weighted by molar-refractivity contribution is 14.1. The summed E-state index contributed by atoms with van der Waals surface area (Å²) in [6, 6.07) is 19.0. The molecule has 0 saturated carbocycles. The Balaban J connectivity index is 1.65. The fourth-order valence-corrected chi connectivity index (χ4v) is 5.70. The summed E-state index contributed by atoms with van der Waals surface area (Å²) in [4.78, 5) is 14.5. The quantitative estimate of drug-likeness (QED) is 0.266. The number of hydrogen-bond acceptors (Lipinski definition) is 4. The molecule has 0 bridgehead atoms. The number of anilines is 1. The van der Waals surface area contributed by atoms with Crippen LogP contribution in [0, 0.1) is 3.57 Å². The first kappa shape index (κ1) is 23.5. The Kier molecular flexibility index (Phi) is 7.76. The summed E-state index contributed by atoms with van der Waals surface area (Å²) >= 11 is 16.2. The molecule has 0 spiro atoms.